The number of carboxylic acids is 2. The third-order valence-corrected chi connectivity index (χ3v) is 6.53. The summed E-state index contributed by atoms with van der Waals surface area (Å²) < 4.78 is 0. The van der Waals surface area contributed by atoms with Crippen LogP contribution in [0.15, 0.2) is 42.9 Å². The number of H-pyrrole nitrogens is 1. The lowest BCUT2D eigenvalue weighted by Gasteiger charge is -2.27. The lowest BCUT2D eigenvalue weighted by Crippen LogP contribution is -2.60. The fourth-order valence-corrected chi connectivity index (χ4v) is 4.17. The maximum absolute atomic E-state index is 13.5. The Bertz CT molecular complexity index is 1350. The number of aliphatic carboxylic acids is 2. The van der Waals surface area contributed by atoms with E-state index in [1.165, 1.54) is 12.5 Å². The molecule has 0 aliphatic rings. The number of primary amides is 1. The Balaban J connectivity index is 2.26. The van der Waals surface area contributed by atoms with Crippen molar-refractivity contribution in [2.75, 3.05) is 0 Å². The number of aromatic nitrogens is 2. The SMILES string of the molecule is CC(C)[C@H](NC(=O)[C@@H](N)CC(=O)O)C(=O)N[C@@H](Cc1cnc[nH]1)C(=O)N[C@@H](CC(N)=O)C(=O)N[C@@H](Cc1ccccc1)C(=O)O. The van der Waals surface area contributed by atoms with Gasteiger partial charge >= 0.3 is 11.9 Å². The lowest BCUT2D eigenvalue weighted by molar-refractivity contribution is -0.142. The molecule has 0 saturated carbocycles. The first-order valence-electron chi connectivity index (χ1n) is 13.9. The molecule has 244 valence electrons. The van der Waals surface area contributed by atoms with E-state index in [2.05, 4.69) is 31.2 Å². The minimum Gasteiger partial charge on any atom is -0.481 e. The topological polar surface area (TPSA) is 289 Å². The third-order valence-electron chi connectivity index (χ3n) is 6.53. The van der Waals surface area contributed by atoms with Gasteiger partial charge in [-0.1, -0.05) is 44.2 Å². The van der Waals surface area contributed by atoms with Gasteiger partial charge in [0, 0.05) is 24.7 Å². The number of carbonyl (C=O) groups is 7. The minimum atomic E-state index is -1.61. The van der Waals surface area contributed by atoms with Gasteiger partial charge in [0.05, 0.1) is 25.2 Å². The van der Waals surface area contributed by atoms with Crippen LogP contribution in [0.5, 0.6) is 0 Å². The average Bonchev–Trinajstić information content (AvgIpc) is 3.47. The highest BCUT2D eigenvalue weighted by molar-refractivity contribution is 5.97. The first kappa shape index (κ1) is 35.9. The monoisotopic (exact) mass is 630 g/mol. The van der Waals surface area contributed by atoms with Crippen molar-refractivity contribution < 1.29 is 43.8 Å². The standard InChI is InChI=1S/C28H38N8O9/c1-14(2)23(36-24(40)17(29)10-22(38)39)27(43)34-18(9-16-12-31-13-32-16)25(41)33-19(11-21(30)37)26(42)35-20(28(44)45)8-15-6-4-3-5-7-15/h3-7,12-14,17-20,23H,8-11,29H2,1-2H3,(H2,30,37)(H,31,32)(H,33,41)(H,34,43)(H,35,42)(H,36,40)(H,38,39)(H,44,45)/t17-,18-,19-,20-,23-/m0/s1. The zero-order chi connectivity index (χ0) is 33.7. The molecule has 0 aliphatic heterocycles. The minimum absolute atomic E-state index is 0.0872. The predicted octanol–water partition coefficient (Wildman–Crippen LogP) is -2.45. The fourth-order valence-electron chi connectivity index (χ4n) is 4.17. The number of imidazole rings is 1. The molecule has 1 heterocycles. The molecule has 0 spiro atoms. The number of rotatable bonds is 18. The van der Waals surface area contributed by atoms with Crippen molar-refractivity contribution in [3.63, 3.8) is 0 Å². The van der Waals surface area contributed by atoms with E-state index >= 15 is 0 Å². The molecule has 0 fully saturated rings. The van der Waals surface area contributed by atoms with Crippen molar-refractivity contribution in [2.45, 2.75) is 69.7 Å². The number of nitrogens with one attached hydrogen (secondary N) is 5. The van der Waals surface area contributed by atoms with Gasteiger partial charge in [0.25, 0.3) is 0 Å². The molecule has 11 N–H and O–H groups in total. The summed E-state index contributed by atoms with van der Waals surface area (Å²) in [4.78, 5) is 93.6. The van der Waals surface area contributed by atoms with Gasteiger partial charge < -0.3 is 47.9 Å². The Kier molecular flexibility index (Phi) is 13.6. The number of nitrogens with zero attached hydrogens (tertiary/aromatic N) is 1. The molecule has 0 aliphatic carbocycles. The zero-order valence-corrected chi connectivity index (χ0v) is 24.7. The lowest BCUT2D eigenvalue weighted by atomic mass is 10.0. The summed E-state index contributed by atoms with van der Waals surface area (Å²) in [5, 5.41) is 28.2. The molecule has 5 amide bonds. The Morgan fingerprint density at radius 2 is 1.40 bits per heavy atom. The molecule has 0 unspecified atom stereocenters. The van der Waals surface area contributed by atoms with E-state index in [0.29, 0.717) is 11.3 Å². The summed E-state index contributed by atoms with van der Waals surface area (Å²) in [6, 6.07) is 1.37. The Hall–Kier alpha value is -5.32. The van der Waals surface area contributed by atoms with Crippen LogP contribution in [-0.2, 0) is 46.4 Å². The first-order valence-corrected chi connectivity index (χ1v) is 13.9. The molecule has 1 aromatic heterocycles. The highest BCUT2D eigenvalue weighted by Crippen LogP contribution is 2.08. The maximum Gasteiger partial charge on any atom is 0.326 e. The van der Waals surface area contributed by atoms with E-state index in [1.54, 1.807) is 44.2 Å². The molecule has 17 nitrogen and oxygen atoms in total. The summed E-state index contributed by atoms with van der Waals surface area (Å²) in [5.41, 5.74) is 11.9. The second kappa shape index (κ2) is 17.1. The Labute approximate surface area is 257 Å². The van der Waals surface area contributed by atoms with E-state index in [4.69, 9.17) is 16.6 Å². The smallest absolute Gasteiger partial charge is 0.326 e. The van der Waals surface area contributed by atoms with Gasteiger partial charge in [-0.25, -0.2) is 9.78 Å². The summed E-state index contributed by atoms with van der Waals surface area (Å²) >= 11 is 0. The van der Waals surface area contributed by atoms with Gasteiger partial charge in [-0.15, -0.1) is 0 Å². The molecule has 2 aromatic rings. The summed E-state index contributed by atoms with van der Waals surface area (Å²) in [5.74, 6) is -7.85. The van der Waals surface area contributed by atoms with E-state index in [0.717, 1.165) is 0 Å². The largest absolute Gasteiger partial charge is 0.481 e. The second-order valence-corrected chi connectivity index (χ2v) is 10.6. The number of benzene rings is 1. The summed E-state index contributed by atoms with van der Waals surface area (Å²) in [6.07, 6.45) is 1.08. The van der Waals surface area contributed by atoms with Gasteiger partial charge in [-0.05, 0) is 11.5 Å². The quantitative estimate of drug-likeness (QED) is 0.0833. The van der Waals surface area contributed by atoms with E-state index in [9.17, 15) is 38.7 Å². The van der Waals surface area contributed by atoms with Gasteiger partial charge in [-0.2, -0.15) is 0 Å². The number of aromatic amines is 1. The van der Waals surface area contributed by atoms with Crippen molar-refractivity contribution in [1.29, 1.82) is 0 Å². The maximum atomic E-state index is 13.5. The molecule has 45 heavy (non-hydrogen) atoms. The molecular formula is C28H38N8O9. The van der Waals surface area contributed by atoms with Crippen molar-refractivity contribution >= 4 is 41.5 Å². The van der Waals surface area contributed by atoms with Crippen LogP contribution < -0.4 is 32.7 Å². The van der Waals surface area contributed by atoms with Crippen molar-refractivity contribution in [3.8, 4) is 0 Å². The zero-order valence-electron chi connectivity index (χ0n) is 24.7. The van der Waals surface area contributed by atoms with Crippen LogP contribution in [-0.4, -0.2) is 91.9 Å². The number of hydrogen-bond acceptors (Lipinski definition) is 9. The van der Waals surface area contributed by atoms with Gasteiger partial charge in [0.2, 0.25) is 29.5 Å². The molecule has 17 heteroatoms. The number of carboxylic acid groups (broad SMARTS) is 2. The van der Waals surface area contributed by atoms with Gasteiger partial charge in [0.1, 0.15) is 24.2 Å². The highest BCUT2D eigenvalue weighted by Gasteiger charge is 2.34. The predicted molar refractivity (Wildman–Crippen MR) is 157 cm³/mol. The highest BCUT2D eigenvalue weighted by atomic mass is 16.4. The van der Waals surface area contributed by atoms with Crippen LogP contribution in [0.3, 0.4) is 0 Å². The number of nitrogens with two attached hydrogens (primary N) is 2. The Morgan fingerprint density at radius 3 is 1.93 bits per heavy atom. The normalized spacial score (nSPS) is 14.2. The van der Waals surface area contributed by atoms with Crippen LogP contribution in [0.2, 0.25) is 0 Å². The molecule has 0 saturated heterocycles. The van der Waals surface area contributed by atoms with Gasteiger partial charge in [0.15, 0.2) is 0 Å². The van der Waals surface area contributed by atoms with Crippen molar-refractivity contribution in [1.82, 2.24) is 31.2 Å². The van der Waals surface area contributed by atoms with E-state index in [1.807, 2.05) is 0 Å². The van der Waals surface area contributed by atoms with E-state index in [-0.39, 0.29) is 12.8 Å². The molecule has 0 radical (unpaired) electrons. The Morgan fingerprint density at radius 1 is 0.800 bits per heavy atom. The van der Waals surface area contributed by atoms with Crippen LogP contribution >= 0.6 is 0 Å². The molecule has 0 bridgehead atoms. The van der Waals surface area contributed by atoms with Crippen LogP contribution in [0.1, 0.15) is 37.9 Å². The number of hydrogen-bond donors (Lipinski definition) is 9. The van der Waals surface area contributed by atoms with Crippen molar-refractivity contribution in [2.24, 2.45) is 17.4 Å². The first-order chi connectivity index (χ1) is 21.2. The summed E-state index contributed by atoms with van der Waals surface area (Å²) in [6.45, 7) is 3.19. The van der Waals surface area contributed by atoms with E-state index < -0.39 is 90.4 Å². The molecule has 5 atom stereocenters. The molecular weight excluding hydrogens is 592 g/mol. The van der Waals surface area contributed by atoms with Crippen LogP contribution in [0.25, 0.3) is 0 Å². The number of carbonyl (C=O) groups excluding carboxylic acids is 5. The molecule has 2 rings (SSSR count). The van der Waals surface area contributed by atoms with Crippen LogP contribution in [0.4, 0.5) is 0 Å². The third kappa shape index (κ3) is 12.1. The fraction of sp³-hybridized carbons (Fsp3) is 0.429. The molecule has 1 aromatic carbocycles. The average molecular weight is 631 g/mol. The van der Waals surface area contributed by atoms with Crippen LogP contribution in [0, 0.1) is 5.92 Å². The summed E-state index contributed by atoms with van der Waals surface area (Å²) in [7, 11) is 0. The van der Waals surface area contributed by atoms with Crippen molar-refractivity contribution in [3.05, 3.63) is 54.1 Å². The number of amides is 5. The second-order valence-electron chi connectivity index (χ2n) is 10.6. The van der Waals surface area contributed by atoms with Gasteiger partial charge in [-0.3, -0.25) is 28.8 Å².